The van der Waals surface area contributed by atoms with E-state index in [1.807, 2.05) is 32.0 Å². The Bertz CT molecular complexity index is 662. The molecule has 0 unspecified atom stereocenters. The molecule has 2 aromatic carbocycles. The number of nitrogens with one attached hydrogen (secondary N) is 1. The normalized spacial score (nSPS) is 10.9. The molecule has 0 saturated carbocycles. The largest absolute Gasteiger partial charge is 0.493 e. The first-order chi connectivity index (χ1) is 11.4. The number of ether oxygens (including phenoxy) is 2. The van der Waals surface area contributed by atoms with Gasteiger partial charge in [-0.15, -0.1) is 12.4 Å². The van der Waals surface area contributed by atoms with Crippen molar-refractivity contribution in [3.05, 3.63) is 59.4 Å². The van der Waals surface area contributed by atoms with Gasteiger partial charge in [-0.3, -0.25) is 0 Å². The van der Waals surface area contributed by atoms with Crippen LogP contribution in [0.15, 0.2) is 42.5 Å². The third kappa shape index (κ3) is 6.20. The predicted octanol–water partition coefficient (Wildman–Crippen LogP) is 3.70. The summed E-state index contributed by atoms with van der Waals surface area (Å²) in [5, 5.41) is 12.7. The second-order valence-electron chi connectivity index (χ2n) is 6.26. The van der Waals surface area contributed by atoms with Gasteiger partial charge in [0.15, 0.2) is 11.5 Å². The molecular formula is C19H25ClFNO3. The highest BCUT2D eigenvalue weighted by Crippen LogP contribution is 2.32. The molecule has 138 valence electrons. The molecule has 0 heterocycles. The van der Waals surface area contributed by atoms with Crippen molar-refractivity contribution in [1.29, 1.82) is 0 Å². The fourth-order valence-electron chi connectivity index (χ4n) is 2.15. The van der Waals surface area contributed by atoms with E-state index in [0.717, 1.165) is 11.1 Å². The minimum Gasteiger partial charge on any atom is -0.493 e. The van der Waals surface area contributed by atoms with Crippen LogP contribution in [0.3, 0.4) is 0 Å². The Morgan fingerprint density at radius 2 is 1.80 bits per heavy atom. The fraction of sp³-hybridized carbons (Fsp3) is 0.368. The molecule has 4 nitrogen and oxygen atoms in total. The zero-order valence-electron chi connectivity index (χ0n) is 14.7. The molecule has 0 bridgehead atoms. The highest BCUT2D eigenvalue weighted by Gasteiger charge is 2.17. The van der Waals surface area contributed by atoms with Gasteiger partial charge in [0.2, 0.25) is 0 Å². The summed E-state index contributed by atoms with van der Waals surface area (Å²) < 4.78 is 24.3. The molecule has 0 aliphatic rings. The SMILES string of the molecule is COc1cccc(CNC(C)(C)CO)c1OCc1ccc(F)cc1.Cl. The molecule has 25 heavy (non-hydrogen) atoms. The topological polar surface area (TPSA) is 50.7 Å². The van der Waals surface area contributed by atoms with Crippen LogP contribution in [0.5, 0.6) is 11.5 Å². The van der Waals surface area contributed by atoms with Crippen LogP contribution in [0.4, 0.5) is 4.39 Å². The summed E-state index contributed by atoms with van der Waals surface area (Å²) >= 11 is 0. The van der Waals surface area contributed by atoms with Gasteiger partial charge >= 0.3 is 0 Å². The number of rotatable bonds is 8. The Morgan fingerprint density at radius 3 is 2.40 bits per heavy atom. The highest BCUT2D eigenvalue weighted by atomic mass is 35.5. The van der Waals surface area contributed by atoms with Gasteiger partial charge in [0.25, 0.3) is 0 Å². The number of hydrogen-bond acceptors (Lipinski definition) is 4. The molecule has 0 fully saturated rings. The van der Waals surface area contributed by atoms with Crippen LogP contribution in [0.25, 0.3) is 0 Å². The molecule has 6 heteroatoms. The molecule has 0 atom stereocenters. The third-order valence-corrected chi connectivity index (χ3v) is 3.73. The molecule has 2 rings (SSSR count). The van der Waals surface area contributed by atoms with Crippen molar-refractivity contribution in [3.63, 3.8) is 0 Å². The van der Waals surface area contributed by atoms with E-state index in [4.69, 9.17) is 9.47 Å². The van der Waals surface area contributed by atoms with Gasteiger partial charge < -0.3 is 19.9 Å². The lowest BCUT2D eigenvalue weighted by atomic mass is 10.1. The summed E-state index contributed by atoms with van der Waals surface area (Å²) in [7, 11) is 1.59. The van der Waals surface area contributed by atoms with E-state index in [0.29, 0.717) is 24.7 Å². The van der Waals surface area contributed by atoms with Crippen LogP contribution in [0.2, 0.25) is 0 Å². The average Bonchev–Trinajstić information content (AvgIpc) is 2.59. The molecule has 0 aliphatic heterocycles. The zero-order chi connectivity index (χ0) is 17.6. The lowest BCUT2D eigenvalue weighted by molar-refractivity contribution is 0.186. The minimum atomic E-state index is -0.392. The molecular weight excluding hydrogens is 345 g/mol. The van der Waals surface area contributed by atoms with Crippen molar-refractivity contribution in [2.24, 2.45) is 0 Å². The van der Waals surface area contributed by atoms with Gasteiger partial charge in [-0.25, -0.2) is 4.39 Å². The van der Waals surface area contributed by atoms with E-state index in [9.17, 15) is 9.50 Å². The monoisotopic (exact) mass is 369 g/mol. The summed E-state index contributed by atoms with van der Waals surface area (Å²) in [6.07, 6.45) is 0. The van der Waals surface area contributed by atoms with Gasteiger partial charge in [-0.05, 0) is 37.6 Å². The third-order valence-electron chi connectivity index (χ3n) is 3.73. The first-order valence-electron chi connectivity index (χ1n) is 7.84. The number of methoxy groups -OCH3 is 1. The Labute approximate surface area is 154 Å². The van der Waals surface area contributed by atoms with Crippen molar-refractivity contribution < 1.29 is 19.0 Å². The quantitative estimate of drug-likeness (QED) is 0.745. The summed E-state index contributed by atoms with van der Waals surface area (Å²) in [4.78, 5) is 0. The van der Waals surface area contributed by atoms with Gasteiger partial charge in [0.1, 0.15) is 12.4 Å². The second kappa shape index (κ2) is 9.61. The first-order valence-corrected chi connectivity index (χ1v) is 7.84. The predicted molar refractivity (Wildman–Crippen MR) is 99.0 cm³/mol. The molecule has 2 N–H and O–H groups in total. The number of aliphatic hydroxyl groups excluding tert-OH is 1. The Hall–Kier alpha value is -1.82. The molecule has 0 spiro atoms. The van der Waals surface area contributed by atoms with Crippen LogP contribution in [0, 0.1) is 5.82 Å². The Balaban J connectivity index is 0.00000312. The van der Waals surface area contributed by atoms with E-state index >= 15 is 0 Å². The molecule has 0 amide bonds. The Kier molecular flexibility index (Phi) is 8.16. The molecule has 2 aromatic rings. The lowest BCUT2D eigenvalue weighted by Crippen LogP contribution is -2.42. The summed E-state index contributed by atoms with van der Waals surface area (Å²) in [5.74, 6) is 1.01. The van der Waals surface area contributed by atoms with Gasteiger partial charge in [0, 0.05) is 17.6 Å². The van der Waals surface area contributed by atoms with Crippen LogP contribution in [-0.2, 0) is 13.2 Å². The average molecular weight is 370 g/mol. The van der Waals surface area contributed by atoms with E-state index in [1.165, 1.54) is 12.1 Å². The van der Waals surface area contributed by atoms with Crippen molar-refractivity contribution in [2.45, 2.75) is 32.5 Å². The maximum Gasteiger partial charge on any atom is 0.166 e. The summed E-state index contributed by atoms with van der Waals surface area (Å²) in [6.45, 7) is 4.72. The lowest BCUT2D eigenvalue weighted by Gasteiger charge is -2.24. The van der Waals surface area contributed by atoms with E-state index in [1.54, 1.807) is 19.2 Å². The van der Waals surface area contributed by atoms with Crippen LogP contribution < -0.4 is 14.8 Å². The van der Waals surface area contributed by atoms with Crippen molar-refractivity contribution in [2.75, 3.05) is 13.7 Å². The maximum atomic E-state index is 13.0. The van der Waals surface area contributed by atoms with E-state index in [2.05, 4.69) is 5.32 Å². The second-order valence-corrected chi connectivity index (χ2v) is 6.26. The molecule has 0 radical (unpaired) electrons. The zero-order valence-corrected chi connectivity index (χ0v) is 15.5. The number of aliphatic hydroxyl groups is 1. The number of hydrogen-bond donors (Lipinski definition) is 2. The van der Waals surface area contributed by atoms with Crippen LogP contribution >= 0.6 is 12.4 Å². The molecule has 0 aliphatic carbocycles. The van der Waals surface area contributed by atoms with Crippen LogP contribution in [0.1, 0.15) is 25.0 Å². The number of benzene rings is 2. The fourth-order valence-corrected chi connectivity index (χ4v) is 2.15. The minimum absolute atomic E-state index is 0. The van der Waals surface area contributed by atoms with Gasteiger partial charge in [-0.1, -0.05) is 24.3 Å². The van der Waals surface area contributed by atoms with E-state index < -0.39 is 5.54 Å². The molecule has 0 aromatic heterocycles. The van der Waals surface area contributed by atoms with Gasteiger partial charge in [0.05, 0.1) is 13.7 Å². The van der Waals surface area contributed by atoms with Crippen molar-refractivity contribution >= 4 is 12.4 Å². The standard InChI is InChI=1S/C19H24FNO3.ClH/c1-19(2,13-22)21-11-15-5-4-6-17(23-3)18(15)24-12-14-7-9-16(20)10-8-14;/h4-10,21-22H,11-13H2,1-3H3;1H. The number of halogens is 2. The van der Waals surface area contributed by atoms with E-state index in [-0.39, 0.29) is 24.8 Å². The summed E-state index contributed by atoms with van der Waals surface area (Å²) in [5.41, 5.74) is 1.41. The Morgan fingerprint density at radius 1 is 1.12 bits per heavy atom. The highest BCUT2D eigenvalue weighted by molar-refractivity contribution is 5.85. The smallest absolute Gasteiger partial charge is 0.166 e. The molecule has 0 saturated heterocycles. The van der Waals surface area contributed by atoms with Crippen LogP contribution in [-0.4, -0.2) is 24.4 Å². The summed E-state index contributed by atoms with van der Waals surface area (Å²) in [6, 6.07) is 11.9. The van der Waals surface area contributed by atoms with Crippen molar-refractivity contribution in [1.82, 2.24) is 5.32 Å². The van der Waals surface area contributed by atoms with Crippen molar-refractivity contribution in [3.8, 4) is 11.5 Å². The van der Waals surface area contributed by atoms with Gasteiger partial charge in [-0.2, -0.15) is 0 Å². The number of para-hydroxylation sites is 1. The maximum absolute atomic E-state index is 13.0. The first kappa shape index (κ1) is 21.2.